The minimum absolute atomic E-state index is 0.0507. The van der Waals surface area contributed by atoms with Crippen molar-refractivity contribution in [1.82, 2.24) is 9.97 Å². The van der Waals surface area contributed by atoms with Gasteiger partial charge in [-0.1, -0.05) is 6.07 Å². The SMILES string of the molecule is COC(=O)c1sc2nc(Cl)nc(Nc3cc(C)ccc3O)c2c1C. The second-order valence-corrected chi connectivity index (χ2v) is 6.55. The fraction of sp³-hybridized carbons (Fsp3) is 0.188. The van der Waals surface area contributed by atoms with Crippen molar-refractivity contribution in [3.8, 4) is 5.75 Å². The lowest BCUT2D eigenvalue weighted by Crippen LogP contribution is -2.00. The molecule has 3 aromatic rings. The molecular formula is C16H14ClN3O3S. The number of phenolic OH excluding ortho intramolecular Hbond substituents is 1. The van der Waals surface area contributed by atoms with E-state index >= 15 is 0 Å². The van der Waals surface area contributed by atoms with Crippen molar-refractivity contribution in [3.05, 3.63) is 39.5 Å². The Labute approximate surface area is 147 Å². The number of anilines is 2. The fourth-order valence-corrected chi connectivity index (χ4v) is 3.69. The lowest BCUT2D eigenvalue weighted by atomic mass is 10.2. The third kappa shape index (κ3) is 2.88. The summed E-state index contributed by atoms with van der Waals surface area (Å²) in [5, 5.41) is 13.8. The van der Waals surface area contributed by atoms with E-state index < -0.39 is 5.97 Å². The van der Waals surface area contributed by atoms with E-state index in [9.17, 15) is 9.90 Å². The molecule has 2 aromatic heterocycles. The zero-order valence-corrected chi connectivity index (χ0v) is 14.7. The summed E-state index contributed by atoms with van der Waals surface area (Å²) in [6.45, 7) is 3.71. The molecule has 0 saturated carbocycles. The molecule has 0 spiro atoms. The largest absolute Gasteiger partial charge is 0.506 e. The molecule has 3 rings (SSSR count). The van der Waals surface area contributed by atoms with Gasteiger partial charge in [0.15, 0.2) is 0 Å². The maximum Gasteiger partial charge on any atom is 0.348 e. The smallest absolute Gasteiger partial charge is 0.348 e. The summed E-state index contributed by atoms with van der Waals surface area (Å²) in [4.78, 5) is 21.3. The number of aromatic hydroxyl groups is 1. The van der Waals surface area contributed by atoms with Crippen LogP contribution in [0.5, 0.6) is 5.75 Å². The standard InChI is InChI=1S/C16H14ClN3O3S/c1-7-4-5-10(21)9(6-7)18-13-11-8(2)12(15(22)23-3)24-14(11)20-16(17)19-13/h4-6,21H,1-3H3,(H,18,19,20). The number of carbonyl (C=O) groups excluding carboxylic acids is 1. The highest BCUT2D eigenvalue weighted by Gasteiger charge is 2.21. The first-order valence-electron chi connectivity index (χ1n) is 7.02. The van der Waals surface area contributed by atoms with Crippen LogP contribution >= 0.6 is 22.9 Å². The third-order valence-corrected chi connectivity index (χ3v) is 4.87. The molecule has 0 saturated heterocycles. The van der Waals surface area contributed by atoms with Crippen LogP contribution in [0.15, 0.2) is 18.2 Å². The average molecular weight is 364 g/mol. The number of nitrogens with zero attached hydrogens (tertiary/aromatic N) is 2. The molecule has 0 aliphatic rings. The number of fused-ring (bicyclic) bond motifs is 1. The number of thiophene rings is 1. The van der Waals surface area contributed by atoms with Gasteiger partial charge >= 0.3 is 5.97 Å². The van der Waals surface area contributed by atoms with Gasteiger partial charge in [0.1, 0.15) is 21.3 Å². The van der Waals surface area contributed by atoms with Crippen LogP contribution in [-0.2, 0) is 4.74 Å². The Morgan fingerprint density at radius 2 is 2.08 bits per heavy atom. The number of hydrogen-bond donors (Lipinski definition) is 2. The second-order valence-electron chi connectivity index (χ2n) is 5.21. The van der Waals surface area contributed by atoms with Crippen molar-refractivity contribution in [2.45, 2.75) is 13.8 Å². The molecule has 124 valence electrons. The summed E-state index contributed by atoms with van der Waals surface area (Å²) in [7, 11) is 1.33. The highest BCUT2D eigenvalue weighted by Crippen LogP contribution is 2.37. The predicted molar refractivity (Wildman–Crippen MR) is 94.6 cm³/mol. The molecule has 0 aliphatic heterocycles. The van der Waals surface area contributed by atoms with Gasteiger partial charge in [-0.15, -0.1) is 11.3 Å². The number of benzene rings is 1. The minimum Gasteiger partial charge on any atom is -0.506 e. The number of halogens is 1. The minimum atomic E-state index is -0.434. The van der Waals surface area contributed by atoms with Crippen molar-refractivity contribution < 1.29 is 14.6 Å². The molecule has 2 heterocycles. The van der Waals surface area contributed by atoms with E-state index in [4.69, 9.17) is 16.3 Å². The van der Waals surface area contributed by atoms with E-state index in [1.807, 2.05) is 6.92 Å². The van der Waals surface area contributed by atoms with Gasteiger partial charge in [0.2, 0.25) is 5.28 Å². The topological polar surface area (TPSA) is 84.3 Å². The van der Waals surface area contributed by atoms with Crippen molar-refractivity contribution in [1.29, 1.82) is 0 Å². The van der Waals surface area contributed by atoms with Crippen LogP contribution in [0.2, 0.25) is 5.28 Å². The van der Waals surface area contributed by atoms with E-state index in [0.29, 0.717) is 32.2 Å². The van der Waals surface area contributed by atoms with Gasteiger partial charge in [0.25, 0.3) is 0 Å². The Hall–Kier alpha value is -2.38. The zero-order valence-electron chi connectivity index (χ0n) is 13.2. The molecule has 0 unspecified atom stereocenters. The summed E-state index contributed by atoms with van der Waals surface area (Å²) in [6, 6.07) is 5.19. The van der Waals surface area contributed by atoms with Gasteiger partial charge in [-0.2, -0.15) is 4.98 Å². The van der Waals surface area contributed by atoms with Crippen LogP contribution in [0, 0.1) is 13.8 Å². The van der Waals surface area contributed by atoms with Crippen molar-refractivity contribution in [2.75, 3.05) is 12.4 Å². The summed E-state index contributed by atoms with van der Waals surface area (Å²) < 4.78 is 4.80. The van der Waals surface area contributed by atoms with Crippen LogP contribution in [0.3, 0.4) is 0 Å². The fourth-order valence-electron chi connectivity index (χ4n) is 2.37. The molecule has 0 aliphatic carbocycles. The van der Waals surface area contributed by atoms with E-state index in [-0.39, 0.29) is 11.0 Å². The van der Waals surface area contributed by atoms with Crippen molar-refractivity contribution in [3.63, 3.8) is 0 Å². The number of aryl methyl sites for hydroxylation is 2. The first kappa shape index (κ1) is 16.5. The molecule has 0 fully saturated rings. The van der Waals surface area contributed by atoms with E-state index in [1.165, 1.54) is 18.4 Å². The average Bonchev–Trinajstić information content (AvgIpc) is 2.87. The van der Waals surface area contributed by atoms with Gasteiger partial charge in [0.05, 0.1) is 18.2 Å². The van der Waals surface area contributed by atoms with E-state index in [2.05, 4.69) is 15.3 Å². The Bertz CT molecular complexity index is 955. The van der Waals surface area contributed by atoms with Crippen LogP contribution < -0.4 is 5.32 Å². The molecular weight excluding hydrogens is 350 g/mol. The summed E-state index contributed by atoms with van der Waals surface area (Å²) in [6.07, 6.45) is 0. The molecule has 1 aromatic carbocycles. The van der Waals surface area contributed by atoms with Crippen molar-refractivity contribution in [2.24, 2.45) is 0 Å². The van der Waals surface area contributed by atoms with E-state index in [0.717, 1.165) is 5.56 Å². The Morgan fingerprint density at radius 1 is 1.33 bits per heavy atom. The molecule has 0 atom stereocenters. The second kappa shape index (κ2) is 6.26. The molecule has 6 nitrogen and oxygen atoms in total. The van der Waals surface area contributed by atoms with Gasteiger partial charge in [-0.25, -0.2) is 9.78 Å². The van der Waals surface area contributed by atoms with Gasteiger partial charge < -0.3 is 15.2 Å². The zero-order chi connectivity index (χ0) is 17.4. The van der Waals surface area contributed by atoms with Gasteiger partial charge in [0, 0.05) is 0 Å². The lowest BCUT2D eigenvalue weighted by molar-refractivity contribution is 0.0605. The molecule has 2 N–H and O–H groups in total. The van der Waals surface area contributed by atoms with Gasteiger partial charge in [-0.05, 0) is 48.7 Å². The molecule has 8 heteroatoms. The Kier molecular flexibility index (Phi) is 4.29. The monoisotopic (exact) mass is 363 g/mol. The highest BCUT2D eigenvalue weighted by atomic mass is 35.5. The maximum atomic E-state index is 11.9. The van der Waals surface area contributed by atoms with Crippen molar-refractivity contribution >= 4 is 50.6 Å². The number of ether oxygens (including phenoxy) is 1. The number of methoxy groups -OCH3 is 1. The first-order chi connectivity index (χ1) is 11.4. The third-order valence-electron chi connectivity index (χ3n) is 3.54. The number of esters is 1. The highest BCUT2D eigenvalue weighted by molar-refractivity contribution is 7.20. The predicted octanol–water partition coefficient (Wildman–Crippen LogP) is 4.20. The number of carbonyl (C=O) groups is 1. The number of hydrogen-bond acceptors (Lipinski definition) is 7. The van der Waals surface area contributed by atoms with Crippen LogP contribution in [0.4, 0.5) is 11.5 Å². The lowest BCUT2D eigenvalue weighted by Gasteiger charge is -2.10. The number of aromatic nitrogens is 2. The maximum absolute atomic E-state index is 11.9. The first-order valence-corrected chi connectivity index (χ1v) is 8.21. The van der Waals surface area contributed by atoms with Crippen LogP contribution in [0.25, 0.3) is 10.2 Å². The Balaban J connectivity index is 2.18. The van der Waals surface area contributed by atoms with Gasteiger partial charge in [-0.3, -0.25) is 0 Å². The number of phenols is 1. The molecule has 0 amide bonds. The van der Waals surface area contributed by atoms with Crippen LogP contribution in [0.1, 0.15) is 20.8 Å². The van der Waals surface area contributed by atoms with E-state index in [1.54, 1.807) is 25.1 Å². The van der Waals surface area contributed by atoms with Crippen LogP contribution in [-0.4, -0.2) is 28.2 Å². The number of nitrogens with one attached hydrogen (secondary N) is 1. The molecule has 0 radical (unpaired) electrons. The summed E-state index contributed by atoms with van der Waals surface area (Å²) in [5.74, 6) is 0.0790. The Morgan fingerprint density at radius 3 is 2.79 bits per heavy atom. The summed E-state index contributed by atoms with van der Waals surface area (Å²) in [5.41, 5.74) is 2.17. The molecule has 24 heavy (non-hydrogen) atoms. The normalized spacial score (nSPS) is 10.8. The molecule has 0 bridgehead atoms. The quantitative estimate of drug-likeness (QED) is 0.412. The number of rotatable bonds is 3. The summed E-state index contributed by atoms with van der Waals surface area (Å²) >= 11 is 7.19.